The predicted molar refractivity (Wildman–Crippen MR) is 128 cm³/mol. The summed E-state index contributed by atoms with van der Waals surface area (Å²) in [5.74, 6) is 0.984. The molecule has 1 saturated heterocycles. The van der Waals surface area contributed by atoms with Crippen LogP contribution in [0.2, 0.25) is 5.02 Å². The average molecular weight is 514 g/mol. The van der Waals surface area contributed by atoms with E-state index in [1.165, 1.54) is 11.1 Å². The smallest absolute Gasteiger partial charge is 0.193 e. The van der Waals surface area contributed by atoms with Gasteiger partial charge in [0, 0.05) is 63.2 Å². The van der Waals surface area contributed by atoms with E-state index < -0.39 is 0 Å². The molecule has 0 atom stereocenters. The van der Waals surface area contributed by atoms with Crippen LogP contribution in [0.15, 0.2) is 47.6 Å². The van der Waals surface area contributed by atoms with E-state index in [9.17, 15) is 0 Å². The van der Waals surface area contributed by atoms with E-state index in [4.69, 9.17) is 11.6 Å². The van der Waals surface area contributed by atoms with Gasteiger partial charge in [-0.05, 0) is 42.7 Å². The third kappa shape index (κ3) is 6.90. The highest BCUT2D eigenvalue weighted by atomic mass is 127. The molecule has 1 aliphatic rings. The summed E-state index contributed by atoms with van der Waals surface area (Å²) in [6.45, 7) is 7.82. The number of pyridine rings is 1. The normalized spacial score (nSPS) is 15.2. The molecule has 0 saturated carbocycles. The summed E-state index contributed by atoms with van der Waals surface area (Å²) in [4.78, 5) is 13.6. The maximum absolute atomic E-state index is 6.09. The Bertz CT molecular complexity index is 758. The Morgan fingerprint density at radius 3 is 2.57 bits per heavy atom. The highest BCUT2D eigenvalue weighted by molar-refractivity contribution is 14.0. The standard InChI is InChI=1S/C21H28ClN5.HI/c1-17-6-7-18(15-25-17)8-9-24-21(23-2)27-12-10-26(11-13-27)16-19-4-3-5-20(22)14-19;/h3-7,14-15H,8-13,16H2,1-2H3,(H,23,24);1H. The molecule has 1 fully saturated rings. The van der Waals surface area contributed by atoms with Crippen molar-refractivity contribution in [3.05, 3.63) is 64.4 Å². The van der Waals surface area contributed by atoms with Crippen molar-refractivity contribution < 1.29 is 0 Å². The number of hydrogen-bond donors (Lipinski definition) is 1. The van der Waals surface area contributed by atoms with Gasteiger partial charge in [-0.2, -0.15) is 0 Å². The molecule has 3 rings (SSSR count). The number of benzene rings is 1. The van der Waals surface area contributed by atoms with E-state index in [1.807, 2.05) is 38.4 Å². The highest BCUT2D eigenvalue weighted by Gasteiger charge is 2.19. The molecule has 0 bridgehead atoms. The van der Waals surface area contributed by atoms with Crippen molar-refractivity contribution in [2.24, 2.45) is 4.99 Å². The summed E-state index contributed by atoms with van der Waals surface area (Å²) in [5.41, 5.74) is 3.57. The zero-order chi connectivity index (χ0) is 19.1. The first-order chi connectivity index (χ1) is 13.1. The maximum Gasteiger partial charge on any atom is 0.193 e. The second-order valence-corrected chi connectivity index (χ2v) is 7.36. The molecule has 1 aliphatic heterocycles. The van der Waals surface area contributed by atoms with Gasteiger partial charge in [-0.25, -0.2) is 0 Å². The van der Waals surface area contributed by atoms with Crippen molar-refractivity contribution >= 4 is 41.5 Å². The van der Waals surface area contributed by atoms with Crippen molar-refractivity contribution in [2.75, 3.05) is 39.8 Å². The average Bonchev–Trinajstić information content (AvgIpc) is 2.68. The first-order valence-electron chi connectivity index (χ1n) is 9.48. The number of aliphatic imine (C=N–C) groups is 1. The number of piperazine rings is 1. The van der Waals surface area contributed by atoms with E-state index in [1.54, 1.807) is 0 Å². The molecule has 0 aliphatic carbocycles. The molecule has 0 amide bonds. The molecule has 1 aromatic carbocycles. The largest absolute Gasteiger partial charge is 0.356 e. The van der Waals surface area contributed by atoms with Gasteiger partial charge >= 0.3 is 0 Å². The summed E-state index contributed by atoms with van der Waals surface area (Å²) in [6.07, 6.45) is 2.90. The Balaban J connectivity index is 0.00000280. The fourth-order valence-corrected chi connectivity index (χ4v) is 3.52. The number of halogens is 2. The van der Waals surface area contributed by atoms with Crippen molar-refractivity contribution in [1.29, 1.82) is 0 Å². The lowest BCUT2D eigenvalue weighted by atomic mass is 10.2. The first-order valence-corrected chi connectivity index (χ1v) is 9.86. The highest BCUT2D eigenvalue weighted by Crippen LogP contribution is 2.14. The molecule has 0 radical (unpaired) electrons. The Kier molecular flexibility index (Phi) is 9.47. The van der Waals surface area contributed by atoms with Crippen LogP contribution in [-0.2, 0) is 13.0 Å². The van der Waals surface area contributed by atoms with Gasteiger partial charge in [0.1, 0.15) is 0 Å². The summed E-state index contributed by atoms with van der Waals surface area (Å²) in [5, 5.41) is 4.29. The molecule has 0 unspecified atom stereocenters. The van der Waals surface area contributed by atoms with Gasteiger partial charge in [0.15, 0.2) is 5.96 Å². The van der Waals surface area contributed by atoms with Gasteiger partial charge in [0.05, 0.1) is 0 Å². The molecular formula is C21H29ClIN5. The van der Waals surface area contributed by atoms with Crippen molar-refractivity contribution in [3.63, 3.8) is 0 Å². The van der Waals surface area contributed by atoms with Crippen LogP contribution in [-0.4, -0.2) is 60.5 Å². The zero-order valence-corrected chi connectivity index (χ0v) is 19.7. The van der Waals surface area contributed by atoms with E-state index in [0.717, 1.165) is 62.4 Å². The van der Waals surface area contributed by atoms with Crippen LogP contribution in [0.5, 0.6) is 0 Å². The quantitative estimate of drug-likeness (QED) is 0.377. The molecule has 5 nitrogen and oxygen atoms in total. The van der Waals surface area contributed by atoms with Crippen LogP contribution in [0.25, 0.3) is 0 Å². The predicted octanol–water partition coefficient (Wildman–Crippen LogP) is 3.60. The van der Waals surface area contributed by atoms with Gasteiger partial charge in [-0.15, -0.1) is 24.0 Å². The van der Waals surface area contributed by atoms with Crippen LogP contribution >= 0.6 is 35.6 Å². The van der Waals surface area contributed by atoms with Crippen LogP contribution in [0.3, 0.4) is 0 Å². The SMILES string of the molecule is CN=C(NCCc1ccc(C)nc1)N1CCN(Cc2cccc(Cl)c2)CC1.I. The lowest BCUT2D eigenvalue weighted by Crippen LogP contribution is -2.52. The van der Waals surface area contributed by atoms with Crippen molar-refractivity contribution in [2.45, 2.75) is 19.9 Å². The number of nitrogens with one attached hydrogen (secondary N) is 1. The van der Waals surface area contributed by atoms with Crippen LogP contribution in [0.4, 0.5) is 0 Å². The molecular weight excluding hydrogens is 485 g/mol. The van der Waals surface area contributed by atoms with E-state index >= 15 is 0 Å². The van der Waals surface area contributed by atoms with Gasteiger partial charge < -0.3 is 10.2 Å². The summed E-state index contributed by atoms with van der Waals surface area (Å²) < 4.78 is 0. The molecule has 7 heteroatoms. The van der Waals surface area contributed by atoms with Gasteiger partial charge in [-0.3, -0.25) is 14.9 Å². The molecule has 1 aromatic heterocycles. The van der Waals surface area contributed by atoms with E-state index in [0.29, 0.717) is 0 Å². The minimum Gasteiger partial charge on any atom is -0.356 e. The monoisotopic (exact) mass is 513 g/mol. The fourth-order valence-electron chi connectivity index (χ4n) is 3.31. The van der Waals surface area contributed by atoms with Crippen LogP contribution in [0.1, 0.15) is 16.8 Å². The van der Waals surface area contributed by atoms with Crippen molar-refractivity contribution in [3.8, 4) is 0 Å². The van der Waals surface area contributed by atoms with Gasteiger partial charge in [0.25, 0.3) is 0 Å². The second kappa shape index (κ2) is 11.6. The minimum atomic E-state index is 0. The van der Waals surface area contributed by atoms with Crippen molar-refractivity contribution in [1.82, 2.24) is 20.1 Å². The lowest BCUT2D eigenvalue weighted by molar-refractivity contribution is 0.172. The first kappa shape index (κ1) is 22.9. The summed E-state index contributed by atoms with van der Waals surface area (Å²) in [7, 11) is 1.86. The number of aromatic nitrogens is 1. The second-order valence-electron chi connectivity index (χ2n) is 6.92. The van der Waals surface area contributed by atoms with Crippen LogP contribution < -0.4 is 5.32 Å². The zero-order valence-electron chi connectivity index (χ0n) is 16.6. The lowest BCUT2D eigenvalue weighted by Gasteiger charge is -2.36. The maximum atomic E-state index is 6.09. The van der Waals surface area contributed by atoms with Gasteiger partial charge in [-0.1, -0.05) is 29.8 Å². The molecule has 152 valence electrons. The molecule has 2 heterocycles. The fraction of sp³-hybridized carbons (Fsp3) is 0.429. The summed E-state index contributed by atoms with van der Waals surface area (Å²) >= 11 is 6.09. The number of guanidine groups is 1. The Hall–Kier alpha value is -1.38. The Morgan fingerprint density at radius 1 is 1.14 bits per heavy atom. The Labute approximate surface area is 190 Å². The minimum absolute atomic E-state index is 0. The van der Waals surface area contributed by atoms with Gasteiger partial charge in [0.2, 0.25) is 0 Å². The third-order valence-corrected chi connectivity index (χ3v) is 5.08. The number of hydrogen-bond acceptors (Lipinski definition) is 3. The third-order valence-electron chi connectivity index (χ3n) is 4.85. The molecule has 28 heavy (non-hydrogen) atoms. The number of rotatable bonds is 5. The van der Waals surface area contributed by atoms with E-state index in [2.05, 4.69) is 43.3 Å². The topological polar surface area (TPSA) is 43.8 Å². The number of nitrogens with zero attached hydrogens (tertiary/aromatic N) is 4. The molecule has 0 spiro atoms. The summed E-state index contributed by atoms with van der Waals surface area (Å²) in [6, 6.07) is 12.3. The Morgan fingerprint density at radius 2 is 1.93 bits per heavy atom. The van der Waals surface area contributed by atoms with Crippen LogP contribution in [0, 0.1) is 6.92 Å². The number of aryl methyl sites for hydroxylation is 1. The molecule has 2 aromatic rings. The molecule has 1 N–H and O–H groups in total. The van der Waals surface area contributed by atoms with E-state index in [-0.39, 0.29) is 24.0 Å².